The molecule has 1 N–H and O–H groups in total. The van der Waals surface area contributed by atoms with Crippen LogP contribution >= 0.6 is 0 Å². The van der Waals surface area contributed by atoms with E-state index in [1.807, 2.05) is 24.7 Å². The van der Waals surface area contributed by atoms with Crippen molar-refractivity contribution in [1.82, 2.24) is 9.55 Å². The average molecular weight is 240 g/mol. The van der Waals surface area contributed by atoms with E-state index in [1.165, 1.54) is 0 Å². The Balaban J connectivity index is 2.47. The summed E-state index contributed by atoms with van der Waals surface area (Å²) in [4.78, 5) is 4.25. The fourth-order valence-corrected chi connectivity index (χ4v) is 2.02. The van der Waals surface area contributed by atoms with Gasteiger partial charge in [-0.1, -0.05) is 13.8 Å². The summed E-state index contributed by atoms with van der Waals surface area (Å²) in [5.41, 5.74) is 0. The second-order valence-electron chi connectivity index (χ2n) is 4.72. The molecule has 17 heavy (non-hydrogen) atoms. The van der Waals surface area contributed by atoms with Crippen LogP contribution in [-0.4, -0.2) is 33.5 Å². The number of nitrogens with zero attached hydrogens (tertiary/aromatic N) is 2. The van der Waals surface area contributed by atoms with E-state index in [0.29, 0.717) is 18.9 Å². The van der Waals surface area contributed by atoms with E-state index in [-0.39, 0.29) is 6.10 Å². The van der Waals surface area contributed by atoms with Gasteiger partial charge < -0.3 is 14.4 Å². The quantitative estimate of drug-likeness (QED) is 0.790. The molecule has 0 saturated heterocycles. The molecule has 0 saturated carbocycles. The number of aliphatic hydroxyl groups excluding tert-OH is 1. The van der Waals surface area contributed by atoms with Crippen molar-refractivity contribution < 1.29 is 9.84 Å². The molecule has 98 valence electrons. The van der Waals surface area contributed by atoms with Crippen molar-refractivity contribution >= 4 is 0 Å². The molecular formula is C13H24N2O2. The number of hydrogen-bond acceptors (Lipinski definition) is 3. The molecule has 0 amide bonds. The van der Waals surface area contributed by atoms with Gasteiger partial charge in [-0.05, 0) is 19.3 Å². The minimum absolute atomic E-state index is 0.0831. The van der Waals surface area contributed by atoms with Crippen LogP contribution in [0.5, 0.6) is 0 Å². The Morgan fingerprint density at radius 3 is 2.65 bits per heavy atom. The molecule has 1 aromatic rings. The van der Waals surface area contributed by atoms with Gasteiger partial charge in [-0.25, -0.2) is 4.98 Å². The van der Waals surface area contributed by atoms with E-state index in [4.69, 9.17) is 4.74 Å². The predicted octanol–water partition coefficient (Wildman–Crippen LogP) is 1.77. The Bertz CT molecular complexity index is 323. The summed E-state index contributed by atoms with van der Waals surface area (Å²) in [7, 11) is 1.97. The lowest BCUT2D eigenvalue weighted by Crippen LogP contribution is -2.34. The van der Waals surface area contributed by atoms with E-state index in [0.717, 1.165) is 12.2 Å². The Morgan fingerprint density at radius 2 is 2.18 bits per heavy atom. The number of hydrogen-bond donors (Lipinski definition) is 1. The molecule has 0 radical (unpaired) electrons. The Kier molecular flexibility index (Phi) is 5.65. The Morgan fingerprint density at radius 1 is 1.47 bits per heavy atom. The summed E-state index contributed by atoms with van der Waals surface area (Å²) in [5.74, 6) is 1.33. The first-order valence-corrected chi connectivity index (χ1v) is 6.32. The van der Waals surface area contributed by atoms with Gasteiger partial charge in [-0.15, -0.1) is 0 Å². The largest absolute Gasteiger partial charge is 0.390 e. The van der Waals surface area contributed by atoms with Crippen molar-refractivity contribution in [2.75, 3.05) is 6.61 Å². The van der Waals surface area contributed by atoms with Crippen molar-refractivity contribution in [1.29, 1.82) is 0 Å². The molecule has 2 unspecified atom stereocenters. The minimum atomic E-state index is -0.424. The van der Waals surface area contributed by atoms with Crippen LogP contribution in [0.15, 0.2) is 12.4 Å². The highest BCUT2D eigenvalue weighted by Crippen LogP contribution is 2.15. The van der Waals surface area contributed by atoms with Crippen molar-refractivity contribution in [3.63, 3.8) is 0 Å². The highest BCUT2D eigenvalue weighted by molar-refractivity contribution is 4.92. The van der Waals surface area contributed by atoms with Crippen LogP contribution in [0, 0.1) is 5.92 Å². The lowest BCUT2D eigenvalue weighted by molar-refractivity contribution is -0.0595. The van der Waals surface area contributed by atoms with E-state index in [9.17, 15) is 5.11 Å². The van der Waals surface area contributed by atoms with E-state index in [2.05, 4.69) is 18.8 Å². The van der Waals surface area contributed by atoms with Gasteiger partial charge in [-0.2, -0.15) is 0 Å². The zero-order valence-corrected chi connectivity index (χ0v) is 11.3. The lowest BCUT2D eigenvalue weighted by atomic mass is 9.98. The third kappa shape index (κ3) is 4.13. The van der Waals surface area contributed by atoms with E-state index >= 15 is 0 Å². The maximum Gasteiger partial charge on any atom is 0.108 e. The van der Waals surface area contributed by atoms with Crippen LogP contribution in [0.4, 0.5) is 0 Å². The summed E-state index contributed by atoms with van der Waals surface area (Å²) in [5, 5.41) is 10.1. The van der Waals surface area contributed by atoms with Crippen molar-refractivity contribution in [2.24, 2.45) is 13.0 Å². The third-order valence-electron chi connectivity index (χ3n) is 2.98. The predicted molar refractivity (Wildman–Crippen MR) is 67.8 cm³/mol. The smallest absolute Gasteiger partial charge is 0.108 e. The molecule has 1 rings (SSSR count). The molecular weight excluding hydrogens is 216 g/mol. The number of aromatic nitrogens is 2. The van der Waals surface area contributed by atoms with Crippen molar-refractivity contribution in [2.45, 2.75) is 45.8 Å². The molecule has 0 aromatic carbocycles. The second kappa shape index (κ2) is 6.77. The SMILES string of the molecule is CCOC(C(C)C)C(O)CCc1nccn1C. The topological polar surface area (TPSA) is 47.3 Å². The van der Waals surface area contributed by atoms with Gasteiger partial charge in [0, 0.05) is 32.5 Å². The molecule has 0 aliphatic rings. The van der Waals surface area contributed by atoms with Gasteiger partial charge in [0.15, 0.2) is 0 Å². The summed E-state index contributed by atoms with van der Waals surface area (Å²) in [6.45, 7) is 6.75. The molecule has 4 nitrogen and oxygen atoms in total. The molecule has 2 atom stereocenters. The van der Waals surface area contributed by atoms with Crippen molar-refractivity contribution in [3.05, 3.63) is 18.2 Å². The summed E-state index contributed by atoms with van der Waals surface area (Å²) in [6, 6.07) is 0. The van der Waals surface area contributed by atoms with Crippen molar-refractivity contribution in [3.8, 4) is 0 Å². The van der Waals surface area contributed by atoms with Gasteiger partial charge in [0.1, 0.15) is 5.82 Å². The fourth-order valence-electron chi connectivity index (χ4n) is 2.02. The van der Waals surface area contributed by atoms with Crippen LogP contribution < -0.4 is 0 Å². The normalized spacial score (nSPS) is 15.2. The second-order valence-corrected chi connectivity index (χ2v) is 4.72. The first kappa shape index (κ1) is 14.2. The molecule has 0 spiro atoms. The number of imidazole rings is 1. The van der Waals surface area contributed by atoms with E-state index < -0.39 is 6.10 Å². The summed E-state index contributed by atoms with van der Waals surface area (Å²) >= 11 is 0. The molecule has 0 bridgehead atoms. The third-order valence-corrected chi connectivity index (χ3v) is 2.98. The van der Waals surface area contributed by atoms with Gasteiger partial charge in [0.05, 0.1) is 12.2 Å². The number of rotatable bonds is 7. The molecule has 1 heterocycles. The zero-order chi connectivity index (χ0) is 12.8. The maximum absolute atomic E-state index is 10.1. The van der Waals surface area contributed by atoms with E-state index in [1.54, 1.807) is 6.20 Å². The summed E-state index contributed by atoms with van der Waals surface area (Å²) < 4.78 is 7.57. The number of ether oxygens (including phenoxy) is 1. The molecule has 0 fully saturated rings. The zero-order valence-electron chi connectivity index (χ0n) is 11.3. The van der Waals surface area contributed by atoms with Crippen LogP contribution in [-0.2, 0) is 18.2 Å². The monoisotopic (exact) mass is 240 g/mol. The standard InChI is InChI=1S/C13H24N2O2/c1-5-17-13(10(2)3)11(16)6-7-12-14-8-9-15(12)4/h8-11,13,16H,5-7H2,1-4H3. The van der Waals surface area contributed by atoms with Crippen LogP contribution in [0.3, 0.4) is 0 Å². The van der Waals surface area contributed by atoms with Crippen LogP contribution in [0.1, 0.15) is 33.0 Å². The molecule has 4 heteroatoms. The maximum atomic E-state index is 10.1. The minimum Gasteiger partial charge on any atom is -0.390 e. The van der Waals surface area contributed by atoms with Crippen LogP contribution in [0.2, 0.25) is 0 Å². The first-order chi connectivity index (χ1) is 8.06. The van der Waals surface area contributed by atoms with Gasteiger partial charge >= 0.3 is 0 Å². The number of aryl methyl sites for hydroxylation is 2. The first-order valence-electron chi connectivity index (χ1n) is 6.32. The van der Waals surface area contributed by atoms with Crippen LogP contribution in [0.25, 0.3) is 0 Å². The highest BCUT2D eigenvalue weighted by atomic mass is 16.5. The lowest BCUT2D eigenvalue weighted by Gasteiger charge is -2.26. The summed E-state index contributed by atoms with van der Waals surface area (Å²) in [6.07, 6.45) is 4.66. The van der Waals surface area contributed by atoms with Gasteiger partial charge in [0.2, 0.25) is 0 Å². The number of aliphatic hydroxyl groups is 1. The molecule has 0 aliphatic heterocycles. The highest BCUT2D eigenvalue weighted by Gasteiger charge is 2.23. The van der Waals surface area contributed by atoms with Gasteiger partial charge in [-0.3, -0.25) is 0 Å². The average Bonchev–Trinajstić information content (AvgIpc) is 2.68. The Labute approximate surface area is 104 Å². The molecule has 1 aromatic heterocycles. The molecule has 0 aliphatic carbocycles. The van der Waals surface area contributed by atoms with Gasteiger partial charge in [0.25, 0.3) is 0 Å². The fraction of sp³-hybridized carbons (Fsp3) is 0.769. The Hall–Kier alpha value is -0.870.